The Kier molecular flexibility index (Phi) is 5.43. The van der Waals surface area contributed by atoms with Gasteiger partial charge in [0.15, 0.2) is 0 Å². The summed E-state index contributed by atoms with van der Waals surface area (Å²) in [4.78, 5) is 14.9. The third-order valence-corrected chi connectivity index (χ3v) is 4.76. The molecule has 3 rings (SSSR count). The molecule has 0 aliphatic carbocycles. The first-order valence-corrected chi connectivity index (χ1v) is 8.89. The van der Waals surface area contributed by atoms with Gasteiger partial charge in [0.25, 0.3) is 0 Å². The van der Waals surface area contributed by atoms with Crippen molar-refractivity contribution in [1.29, 1.82) is 0 Å². The molecule has 1 aliphatic heterocycles. The second kappa shape index (κ2) is 7.72. The van der Waals surface area contributed by atoms with Crippen LogP contribution in [0, 0.1) is 0 Å². The average Bonchev–Trinajstić information content (AvgIpc) is 2.58. The number of nitrogens with zero attached hydrogens (tertiary/aromatic N) is 4. The van der Waals surface area contributed by atoms with Crippen molar-refractivity contribution in [3.63, 3.8) is 0 Å². The molecule has 2 aromatic rings. The van der Waals surface area contributed by atoms with E-state index in [-0.39, 0.29) is 0 Å². The number of rotatable bonds is 5. The molecule has 1 aliphatic rings. The molecule has 116 valence electrons. The van der Waals surface area contributed by atoms with Gasteiger partial charge in [0, 0.05) is 50.0 Å². The van der Waals surface area contributed by atoms with Gasteiger partial charge in [-0.2, -0.15) is 0 Å². The van der Waals surface area contributed by atoms with Crippen LogP contribution < -0.4 is 0 Å². The highest BCUT2D eigenvalue weighted by atomic mass is 32.2. The van der Waals surface area contributed by atoms with E-state index in [1.54, 1.807) is 11.8 Å². The number of aromatic nitrogens is 2. The fourth-order valence-electron chi connectivity index (χ4n) is 2.71. The summed E-state index contributed by atoms with van der Waals surface area (Å²) in [6, 6.07) is 10.8. The zero-order chi connectivity index (χ0) is 15.2. The average molecular weight is 314 g/mol. The van der Waals surface area contributed by atoms with Gasteiger partial charge < -0.3 is 0 Å². The highest BCUT2D eigenvalue weighted by Crippen LogP contribution is 2.16. The van der Waals surface area contributed by atoms with Gasteiger partial charge in [-0.1, -0.05) is 12.1 Å². The lowest BCUT2D eigenvalue weighted by Crippen LogP contribution is -2.45. The highest BCUT2D eigenvalue weighted by Gasteiger charge is 2.17. The second-order valence-corrected chi connectivity index (χ2v) is 6.45. The number of hydrogen-bond donors (Lipinski definition) is 0. The van der Waals surface area contributed by atoms with Crippen LogP contribution >= 0.6 is 11.8 Å². The zero-order valence-electron chi connectivity index (χ0n) is 13.0. The molecule has 22 heavy (non-hydrogen) atoms. The van der Waals surface area contributed by atoms with Crippen molar-refractivity contribution in [2.24, 2.45) is 0 Å². The van der Waals surface area contributed by atoms with E-state index in [1.165, 1.54) is 10.5 Å². The van der Waals surface area contributed by atoms with E-state index in [1.807, 2.05) is 18.5 Å². The Labute approximate surface area is 136 Å². The molecule has 4 nitrogen and oxygen atoms in total. The molecular weight excluding hydrogens is 292 g/mol. The number of thioether (sulfide) groups is 1. The predicted octanol–water partition coefficient (Wildman–Crippen LogP) is 2.52. The monoisotopic (exact) mass is 314 g/mol. The largest absolute Gasteiger partial charge is 0.297 e. The lowest BCUT2D eigenvalue weighted by Gasteiger charge is -2.34. The normalized spacial score (nSPS) is 16.8. The molecule has 5 heteroatoms. The van der Waals surface area contributed by atoms with Gasteiger partial charge in [-0.25, -0.2) is 9.97 Å². The van der Waals surface area contributed by atoms with Crippen molar-refractivity contribution >= 4 is 11.8 Å². The number of benzene rings is 1. The highest BCUT2D eigenvalue weighted by molar-refractivity contribution is 7.98. The summed E-state index contributed by atoms with van der Waals surface area (Å²) in [6.45, 7) is 6.29. The molecule has 0 spiro atoms. The molecule has 0 atom stereocenters. The first-order chi connectivity index (χ1) is 10.8. The van der Waals surface area contributed by atoms with Crippen LogP contribution in [-0.4, -0.2) is 52.2 Å². The summed E-state index contributed by atoms with van der Waals surface area (Å²) < 4.78 is 0. The van der Waals surface area contributed by atoms with Crippen LogP contribution in [0.2, 0.25) is 0 Å². The minimum absolute atomic E-state index is 0.858. The van der Waals surface area contributed by atoms with Crippen molar-refractivity contribution in [3.8, 4) is 0 Å². The van der Waals surface area contributed by atoms with Crippen molar-refractivity contribution in [2.75, 3.05) is 32.4 Å². The molecule has 1 aromatic carbocycles. The van der Waals surface area contributed by atoms with Crippen molar-refractivity contribution < 1.29 is 0 Å². The smallest absolute Gasteiger partial charge is 0.142 e. The van der Waals surface area contributed by atoms with Crippen molar-refractivity contribution in [1.82, 2.24) is 19.8 Å². The summed E-state index contributed by atoms with van der Waals surface area (Å²) >= 11 is 1.79. The minimum Gasteiger partial charge on any atom is -0.297 e. The SMILES string of the molecule is CSc1ccc(CN2CCN(Cc3ncccn3)CC2)cc1. The number of piperazine rings is 1. The molecule has 0 saturated carbocycles. The maximum absolute atomic E-state index is 4.31. The predicted molar refractivity (Wildman–Crippen MR) is 90.8 cm³/mol. The van der Waals surface area contributed by atoms with Crippen LogP contribution in [0.25, 0.3) is 0 Å². The van der Waals surface area contributed by atoms with Gasteiger partial charge in [0.05, 0.1) is 6.54 Å². The summed E-state index contributed by atoms with van der Waals surface area (Å²) in [5.74, 6) is 0.920. The Morgan fingerprint density at radius 1 is 0.909 bits per heavy atom. The summed E-state index contributed by atoms with van der Waals surface area (Å²) in [5.41, 5.74) is 1.40. The molecule has 2 heterocycles. The topological polar surface area (TPSA) is 32.3 Å². The van der Waals surface area contributed by atoms with Crippen LogP contribution in [0.15, 0.2) is 47.6 Å². The van der Waals surface area contributed by atoms with Gasteiger partial charge in [-0.3, -0.25) is 9.80 Å². The summed E-state index contributed by atoms with van der Waals surface area (Å²) in [7, 11) is 0. The quantitative estimate of drug-likeness (QED) is 0.792. The molecule has 0 amide bonds. The molecule has 0 bridgehead atoms. The second-order valence-electron chi connectivity index (χ2n) is 5.57. The number of hydrogen-bond acceptors (Lipinski definition) is 5. The standard InChI is InChI=1S/C17H22N4S/c1-22-16-5-3-15(4-6-16)13-20-9-11-21(12-10-20)14-17-18-7-2-8-19-17/h2-8H,9-14H2,1H3. The zero-order valence-corrected chi connectivity index (χ0v) is 13.8. The summed E-state index contributed by atoms with van der Waals surface area (Å²) in [6.07, 6.45) is 5.75. The molecule has 1 saturated heterocycles. The fraction of sp³-hybridized carbons (Fsp3) is 0.412. The van der Waals surface area contributed by atoms with Crippen molar-refractivity contribution in [2.45, 2.75) is 18.0 Å². The van der Waals surface area contributed by atoms with E-state index >= 15 is 0 Å². The fourth-order valence-corrected chi connectivity index (χ4v) is 3.11. The maximum atomic E-state index is 4.31. The Hall–Kier alpha value is -1.43. The van der Waals surface area contributed by atoms with Gasteiger partial charge in [0.1, 0.15) is 5.82 Å². The van der Waals surface area contributed by atoms with E-state index in [9.17, 15) is 0 Å². The van der Waals surface area contributed by atoms with Crippen molar-refractivity contribution in [3.05, 3.63) is 54.1 Å². The molecule has 0 N–H and O–H groups in total. The molecule has 1 fully saturated rings. The van der Waals surface area contributed by atoms with E-state index in [0.29, 0.717) is 0 Å². The minimum atomic E-state index is 0.858. The van der Waals surface area contributed by atoms with Crippen LogP contribution in [0.3, 0.4) is 0 Å². The van der Waals surface area contributed by atoms with E-state index in [2.05, 4.69) is 50.3 Å². The van der Waals surface area contributed by atoms with E-state index in [0.717, 1.165) is 45.1 Å². The van der Waals surface area contributed by atoms with Gasteiger partial charge in [0.2, 0.25) is 0 Å². The molecular formula is C17H22N4S. The van der Waals surface area contributed by atoms with Crippen LogP contribution in [0.5, 0.6) is 0 Å². The van der Waals surface area contributed by atoms with Crippen LogP contribution in [0.1, 0.15) is 11.4 Å². The van der Waals surface area contributed by atoms with Crippen LogP contribution in [0.4, 0.5) is 0 Å². The first-order valence-electron chi connectivity index (χ1n) is 7.67. The third kappa shape index (κ3) is 4.29. The lowest BCUT2D eigenvalue weighted by atomic mass is 10.2. The maximum Gasteiger partial charge on any atom is 0.142 e. The first kappa shape index (κ1) is 15.5. The van der Waals surface area contributed by atoms with Gasteiger partial charge >= 0.3 is 0 Å². The van der Waals surface area contributed by atoms with Gasteiger partial charge in [-0.15, -0.1) is 11.8 Å². The Morgan fingerprint density at radius 3 is 2.09 bits per heavy atom. The Morgan fingerprint density at radius 2 is 1.50 bits per heavy atom. The van der Waals surface area contributed by atoms with E-state index in [4.69, 9.17) is 0 Å². The summed E-state index contributed by atoms with van der Waals surface area (Å²) in [5, 5.41) is 0. The molecule has 0 radical (unpaired) electrons. The van der Waals surface area contributed by atoms with E-state index < -0.39 is 0 Å². The Balaban J connectivity index is 1.47. The Bertz CT molecular complexity index is 565. The van der Waals surface area contributed by atoms with Gasteiger partial charge in [-0.05, 0) is 30.0 Å². The third-order valence-electron chi connectivity index (χ3n) is 4.01. The molecule has 1 aromatic heterocycles. The van der Waals surface area contributed by atoms with Crippen LogP contribution in [-0.2, 0) is 13.1 Å². The molecule has 0 unspecified atom stereocenters. The lowest BCUT2D eigenvalue weighted by molar-refractivity contribution is 0.120.